The summed E-state index contributed by atoms with van der Waals surface area (Å²) in [4.78, 5) is 0. The minimum Gasteiger partial charge on any atom is -0.493 e. The maximum Gasteiger partial charge on any atom is 0.126 e. The summed E-state index contributed by atoms with van der Waals surface area (Å²) in [6, 6.07) is 6.15. The van der Waals surface area contributed by atoms with Gasteiger partial charge in [0.1, 0.15) is 18.1 Å². The highest BCUT2D eigenvalue weighted by molar-refractivity contribution is 5.42. The Morgan fingerprint density at radius 2 is 2.25 bits per heavy atom. The van der Waals surface area contributed by atoms with Gasteiger partial charge >= 0.3 is 0 Å². The highest BCUT2D eigenvalue weighted by atomic mass is 16.5. The minimum absolute atomic E-state index is 0.645. The van der Waals surface area contributed by atoms with E-state index in [1.54, 1.807) is 0 Å². The van der Waals surface area contributed by atoms with Gasteiger partial charge < -0.3 is 9.47 Å². The summed E-state index contributed by atoms with van der Waals surface area (Å²) in [6.07, 6.45) is 6.95. The molecule has 1 aromatic carbocycles. The molecule has 1 aromatic rings. The summed E-state index contributed by atoms with van der Waals surface area (Å²) in [7, 11) is 0. The number of hydrogen-bond acceptors (Lipinski definition) is 2. The number of hydrogen-bond donors (Lipinski definition) is 0. The van der Waals surface area contributed by atoms with Gasteiger partial charge in [-0.15, -0.1) is 0 Å². The molecule has 0 atom stereocenters. The van der Waals surface area contributed by atoms with Crippen molar-refractivity contribution in [2.75, 3.05) is 13.2 Å². The van der Waals surface area contributed by atoms with Gasteiger partial charge in [0.25, 0.3) is 0 Å². The minimum atomic E-state index is 0.645. The molecule has 0 bridgehead atoms. The van der Waals surface area contributed by atoms with Crippen molar-refractivity contribution in [3.8, 4) is 11.5 Å². The van der Waals surface area contributed by atoms with Crippen LogP contribution in [0.15, 0.2) is 29.8 Å². The molecular formula is C18H26O2. The molecular weight excluding hydrogens is 248 g/mol. The first-order valence-electron chi connectivity index (χ1n) is 7.69. The van der Waals surface area contributed by atoms with Gasteiger partial charge in [0.15, 0.2) is 0 Å². The van der Waals surface area contributed by atoms with Gasteiger partial charge in [-0.05, 0) is 43.4 Å². The summed E-state index contributed by atoms with van der Waals surface area (Å²) >= 11 is 0. The highest BCUT2D eigenvalue weighted by Gasteiger charge is 2.12. The Bertz CT molecular complexity index is 460. The number of rotatable bonds is 7. The zero-order chi connectivity index (χ0) is 14.4. The predicted molar refractivity (Wildman–Crippen MR) is 83.6 cm³/mol. The SMILES string of the molecule is CC(=CCOc1ccc2c(c1)OCC2)CCCC(C)C. The van der Waals surface area contributed by atoms with Crippen molar-refractivity contribution in [1.29, 1.82) is 0 Å². The predicted octanol–water partition coefficient (Wildman–Crippen LogP) is 4.77. The first-order chi connectivity index (χ1) is 9.65. The first-order valence-corrected chi connectivity index (χ1v) is 7.69. The van der Waals surface area contributed by atoms with Gasteiger partial charge in [-0.2, -0.15) is 0 Å². The van der Waals surface area contributed by atoms with Crippen LogP contribution in [0.25, 0.3) is 0 Å². The summed E-state index contributed by atoms with van der Waals surface area (Å²) < 4.78 is 11.3. The molecule has 0 saturated heterocycles. The molecule has 110 valence electrons. The molecule has 0 saturated carbocycles. The van der Waals surface area contributed by atoms with Crippen LogP contribution in [-0.2, 0) is 6.42 Å². The molecule has 1 heterocycles. The van der Waals surface area contributed by atoms with E-state index in [0.29, 0.717) is 6.61 Å². The Balaban J connectivity index is 1.74. The molecule has 0 amide bonds. The fraction of sp³-hybridized carbons (Fsp3) is 0.556. The normalized spacial score (nSPS) is 14.3. The van der Waals surface area contributed by atoms with Crippen molar-refractivity contribution in [2.45, 2.75) is 46.5 Å². The highest BCUT2D eigenvalue weighted by Crippen LogP contribution is 2.29. The van der Waals surface area contributed by atoms with Gasteiger partial charge in [0, 0.05) is 12.5 Å². The lowest BCUT2D eigenvalue weighted by atomic mass is 10.0. The van der Waals surface area contributed by atoms with Crippen LogP contribution in [0.3, 0.4) is 0 Å². The van der Waals surface area contributed by atoms with Gasteiger partial charge in [-0.3, -0.25) is 0 Å². The molecule has 0 spiro atoms. The lowest BCUT2D eigenvalue weighted by molar-refractivity contribution is 0.343. The molecule has 0 aliphatic carbocycles. The fourth-order valence-corrected chi connectivity index (χ4v) is 2.41. The third-order valence-electron chi connectivity index (χ3n) is 3.70. The molecule has 2 heteroatoms. The third kappa shape index (κ3) is 4.59. The molecule has 0 fully saturated rings. The Morgan fingerprint density at radius 3 is 3.05 bits per heavy atom. The van der Waals surface area contributed by atoms with Crippen molar-refractivity contribution in [1.82, 2.24) is 0 Å². The molecule has 1 aliphatic rings. The second kappa shape index (κ2) is 7.37. The molecule has 0 radical (unpaired) electrons. The average molecular weight is 274 g/mol. The lowest BCUT2D eigenvalue weighted by Gasteiger charge is -2.07. The summed E-state index contributed by atoms with van der Waals surface area (Å²) in [5.41, 5.74) is 2.71. The summed E-state index contributed by atoms with van der Waals surface area (Å²) in [5.74, 6) is 2.68. The number of benzene rings is 1. The van der Waals surface area contributed by atoms with Crippen LogP contribution in [0.1, 0.15) is 45.6 Å². The van der Waals surface area contributed by atoms with Crippen molar-refractivity contribution in [3.63, 3.8) is 0 Å². The third-order valence-corrected chi connectivity index (χ3v) is 3.70. The maximum absolute atomic E-state index is 5.77. The van der Waals surface area contributed by atoms with Crippen LogP contribution in [-0.4, -0.2) is 13.2 Å². The van der Waals surface area contributed by atoms with E-state index in [0.717, 1.165) is 30.4 Å². The maximum atomic E-state index is 5.77. The van der Waals surface area contributed by atoms with Crippen molar-refractivity contribution < 1.29 is 9.47 Å². The van der Waals surface area contributed by atoms with Crippen LogP contribution in [0.5, 0.6) is 11.5 Å². The molecule has 0 unspecified atom stereocenters. The number of ether oxygens (including phenoxy) is 2. The van der Waals surface area contributed by atoms with E-state index < -0.39 is 0 Å². The van der Waals surface area contributed by atoms with E-state index in [2.05, 4.69) is 32.9 Å². The number of fused-ring (bicyclic) bond motifs is 1. The molecule has 1 aliphatic heterocycles. The van der Waals surface area contributed by atoms with E-state index in [-0.39, 0.29) is 0 Å². The van der Waals surface area contributed by atoms with E-state index >= 15 is 0 Å². The first kappa shape index (κ1) is 15.0. The van der Waals surface area contributed by atoms with E-state index in [1.165, 1.54) is 30.4 Å². The van der Waals surface area contributed by atoms with Crippen molar-refractivity contribution >= 4 is 0 Å². The van der Waals surface area contributed by atoms with Gasteiger partial charge in [0.05, 0.1) is 6.61 Å². The Kier molecular flexibility index (Phi) is 5.51. The zero-order valence-corrected chi connectivity index (χ0v) is 12.9. The van der Waals surface area contributed by atoms with Crippen molar-refractivity contribution in [3.05, 3.63) is 35.4 Å². The Hall–Kier alpha value is -1.44. The second-order valence-corrected chi connectivity index (χ2v) is 6.02. The van der Waals surface area contributed by atoms with Crippen molar-refractivity contribution in [2.24, 2.45) is 5.92 Å². The quantitative estimate of drug-likeness (QED) is 0.667. The van der Waals surface area contributed by atoms with E-state index in [9.17, 15) is 0 Å². The lowest BCUT2D eigenvalue weighted by Crippen LogP contribution is -1.95. The molecule has 2 nitrogen and oxygen atoms in total. The molecule has 2 rings (SSSR count). The van der Waals surface area contributed by atoms with Crippen LogP contribution in [0, 0.1) is 5.92 Å². The summed E-state index contributed by atoms with van der Waals surface area (Å²) in [6.45, 7) is 8.19. The summed E-state index contributed by atoms with van der Waals surface area (Å²) in [5, 5.41) is 0. The van der Waals surface area contributed by atoms with E-state index in [4.69, 9.17) is 9.47 Å². The van der Waals surface area contributed by atoms with Gasteiger partial charge in [0.2, 0.25) is 0 Å². The van der Waals surface area contributed by atoms with Crippen LogP contribution in [0.4, 0.5) is 0 Å². The second-order valence-electron chi connectivity index (χ2n) is 6.02. The molecule has 0 N–H and O–H groups in total. The topological polar surface area (TPSA) is 18.5 Å². The standard InChI is InChI=1S/C18H26O2/c1-14(2)5-4-6-15(3)9-11-19-17-8-7-16-10-12-20-18(16)13-17/h7-9,13-14H,4-6,10-12H2,1-3H3. The Morgan fingerprint density at radius 1 is 1.40 bits per heavy atom. The smallest absolute Gasteiger partial charge is 0.126 e. The largest absolute Gasteiger partial charge is 0.493 e. The average Bonchev–Trinajstić information content (AvgIpc) is 2.85. The Labute approximate surface area is 122 Å². The van der Waals surface area contributed by atoms with Crippen LogP contribution < -0.4 is 9.47 Å². The number of allylic oxidation sites excluding steroid dienone is 1. The van der Waals surface area contributed by atoms with Crippen LogP contribution in [0.2, 0.25) is 0 Å². The molecule has 0 aromatic heterocycles. The molecule has 20 heavy (non-hydrogen) atoms. The van der Waals surface area contributed by atoms with Crippen LogP contribution >= 0.6 is 0 Å². The van der Waals surface area contributed by atoms with Gasteiger partial charge in [-0.25, -0.2) is 0 Å². The fourth-order valence-electron chi connectivity index (χ4n) is 2.41. The van der Waals surface area contributed by atoms with E-state index in [1.807, 2.05) is 12.1 Å². The van der Waals surface area contributed by atoms with Gasteiger partial charge in [-0.1, -0.05) is 31.9 Å². The monoisotopic (exact) mass is 274 g/mol. The zero-order valence-electron chi connectivity index (χ0n) is 12.9.